The SMILES string of the molecule is CC(C)=NNC(=O)NC(C)(C)C(=O)O. The molecule has 3 N–H and O–H groups in total. The second-order valence-corrected chi connectivity index (χ2v) is 3.56. The highest BCUT2D eigenvalue weighted by Crippen LogP contribution is 2.00. The minimum atomic E-state index is -1.30. The standard InChI is InChI=1S/C8H15N3O3/c1-5(2)10-11-7(14)9-8(3,4)6(12)13/h1-4H3,(H,12,13)(H2,9,11,14). The summed E-state index contributed by atoms with van der Waals surface area (Å²) >= 11 is 0. The molecular weight excluding hydrogens is 186 g/mol. The molecule has 0 aliphatic rings. The number of nitrogens with zero attached hydrogens (tertiary/aromatic N) is 1. The van der Waals surface area contributed by atoms with Crippen LogP contribution in [0.5, 0.6) is 0 Å². The molecule has 0 spiro atoms. The topological polar surface area (TPSA) is 90.8 Å². The summed E-state index contributed by atoms with van der Waals surface area (Å²) in [6.45, 7) is 6.19. The van der Waals surface area contributed by atoms with Crippen LogP contribution in [0.25, 0.3) is 0 Å². The summed E-state index contributed by atoms with van der Waals surface area (Å²) in [4.78, 5) is 21.7. The second-order valence-electron chi connectivity index (χ2n) is 3.56. The molecule has 0 aromatic carbocycles. The van der Waals surface area contributed by atoms with Crippen LogP contribution in [0.3, 0.4) is 0 Å². The predicted octanol–water partition coefficient (Wildman–Crippen LogP) is 0.545. The predicted molar refractivity (Wildman–Crippen MR) is 52.2 cm³/mol. The van der Waals surface area contributed by atoms with Gasteiger partial charge in [-0.3, -0.25) is 0 Å². The van der Waals surface area contributed by atoms with E-state index in [1.54, 1.807) is 13.8 Å². The van der Waals surface area contributed by atoms with Crippen molar-refractivity contribution in [2.24, 2.45) is 5.10 Å². The molecule has 0 fully saturated rings. The molecule has 14 heavy (non-hydrogen) atoms. The number of rotatable bonds is 3. The molecule has 0 aromatic heterocycles. The van der Waals surface area contributed by atoms with Gasteiger partial charge in [-0.25, -0.2) is 15.0 Å². The molecule has 0 rings (SSSR count). The Balaban J connectivity index is 4.20. The second kappa shape index (κ2) is 4.59. The van der Waals surface area contributed by atoms with E-state index in [1.807, 2.05) is 0 Å². The van der Waals surface area contributed by atoms with Gasteiger partial charge in [-0.15, -0.1) is 0 Å². The van der Waals surface area contributed by atoms with Crippen LogP contribution in [0.2, 0.25) is 0 Å². The Morgan fingerprint density at radius 3 is 2.14 bits per heavy atom. The fourth-order valence-corrected chi connectivity index (χ4v) is 0.528. The fourth-order valence-electron chi connectivity index (χ4n) is 0.528. The van der Waals surface area contributed by atoms with Gasteiger partial charge in [0.05, 0.1) is 0 Å². The summed E-state index contributed by atoms with van der Waals surface area (Å²) in [5, 5.41) is 14.6. The van der Waals surface area contributed by atoms with Gasteiger partial charge in [-0.05, 0) is 27.7 Å². The molecule has 0 heterocycles. The average molecular weight is 201 g/mol. The van der Waals surface area contributed by atoms with Gasteiger partial charge in [0.2, 0.25) is 0 Å². The van der Waals surface area contributed by atoms with Gasteiger partial charge in [0, 0.05) is 5.71 Å². The summed E-state index contributed by atoms with van der Waals surface area (Å²) in [6, 6.07) is -0.640. The Morgan fingerprint density at radius 2 is 1.79 bits per heavy atom. The van der Waals surface area contributed by atoms with Gasteiger partial charge in [-0.1, -0.05) is 0 Å². The van der Waals surface area contributed by atoms with Crippen molar-refractivity contribution >= 4 is 17.7 Å². The van der Waals surface area contributed by atoms with E-state index in [9.17, 15) is 9.59 Å². The molecule has 0 saturated heterocycles. The van der Waals surface area contributed by atoms with E-state index in [0.717, 1.165) is 0 Å². The van der Waals surface area contributed by atoms with Crippen LogP contribution in [0.15, 0.2) is 5.10 Å². The number of aliphatic carboxylic acids is 1. The van der Waals surface area contributed by atoms with E-state index in [4.69, 9.17) is 5.11 Å². The molecular formula is C8H15N3O3. The van der Waals surface area contributed by atoms with Gasteiger partial charge >= 0.3 is 12.0 Å². The van der Waals surface area contributed by atoms with Crippen molar-refractivity contribution in [2.75, 3.05) is 0 Å². The monoisotopic (exact) mass is 201 g/mol. The van der Waals surface area contributed by atoms with Crippen LogP contribution < -0.4 is 10.7 Å². The first-order valence-corrected chi connectivity index (χ1v) is 4.08. The lowest BCUT2D eigenvalue weighted by atomic mass is 10.1. The zero-order chi connectivity index (χ0) is 11.4. The van der Waals surface area contributed by atoms with Crippen molar-refractivity contribution in [1.29, 1.82) is 0 Å². The molecule has 2 amide bonds. The van der Waals surface area contributed by atoms with Gasteiger partial charge in [0.15, 0.2) is 0 Å². The Hall–Kier alpha value is -1.59. The van der Waals surface area contributed by atoms with E-state index in [2.05, 4.69) is 15.8 Å². The maximum atomic E-state index is 11.1. The van der Waals surface area contributed by atoms with E-state index >= 15 is 0 Å². The first-order valence-electron chi connectivity index (χ1n) is 4.08. The van der Waals surface area contributed by atoms with Gasteiger partial charge in [0.1, 0.15) is 5.54 Å². The largest absolute Gasteiger partial charge is 0.480 e. The highest BCUT2D eigenvalue weighted by atomic mass is 16.4. The summed E-state index contributed by atoms with van der Waals surface area (Å²) in [5.41, 5.74) is 1.54. The quantitative estimate of drug-likeness (QED) is 0.460. The Morgan fingerprint density at radius 1 is 1.29 bits per heavy atom. The number of urea groups is 1. The molecule has 0 aromatic rings. The molecule has 6 nitrogen and oxygen atoms in total. The zero-order valence-corrected chi connectivity index (χ0v) is 8.71. The molecule has 0 saturated carbocycles. The normalized spacial score (nSPS) is 10.3. The molecule has 0 aliphatic carbocycles. The summed E-state index contributed by atoms with van der Waals surface area (Å²) in [6.07, 6.45) is 0. The number of carbonyl (C=O) groups is 2. The molecule has 0 unspecified atom stereocenters. The number of nitrogens with one attached hydrogen (secondary N) is 2. The maximum absolute atomic E-state index is 11.1. The van der Waals surface area contributed by atoms with Gasteiger partial charge in [0.25, 0.3) is 0 Å². The molecule has 0 atom stereocenters. The van der Waals surface area contributed by atoms with E-state index in [0.29, 0.717) is 5.71 Å². The minimum Gasteiger partial charge on any atom is -0.480 e. The van der Waals surface area contributed by atoms with Gasteiger partial charge in [-0.2, -0.15) is 5.10 Å². The number of carboxylic acids is 1. The van der Waals surface area contributed by atoms with Crippen LogP contribution in [-0.2, 0) is 4.79 Å². The maximum Gasteiger partial charge on any atom is 0.336 e. The summed E-state index contributed by atoms with van der Waals surface area (Å²) in [7, 11) is 0. The molecule has 0 bridgehead atoms. The Bertz CT molecular complexity index is 267. The third kappa shape index (κ3) is 4.44. The smallest absolute Gasteiger partial charge is 0.336 e. The first kappa shape index (κ1) is 12.4. The van der Waals surface area contributed by atoms with Crippen LogP contribution >= 0.6 is 0 Å². The van der Waals surface area contributed by atoms with Crippen LogP contribution in [0.4, 0.5) is 4.79 Å². The highest BCUT2D eigenvalue weighted by Gasteiger charge is 2.28. The number of hydrogen-bond acceptors (Lipinski definition) is 3. The van der Waals surface area contributed by atoms with E-state index in [-0.39, 0.29) is 0 Å². The van der Waals surface area contributed by atoms with Crippen molar-refractivity contribution in [3.8, 4) is 0 Å². The van der Waals surface area contributed by atoms with Crippen molar-refractivity contribution in [3.05, 3.63) is 0 Å². The van der Waals surface area contributed by atoms with Crippen molar-refractivity contribution in [3.63, 3.8) is 0 Å². The van der Waals surface area contributed by atoms with E-state index in [1.165, 1.54) is 13.8 Å². The average Bonchev–Trinajstić information content (AvgIpc) is 1.99. The number of hydrogen-bond donors (Lipinski definition) is 3. The van der Waals surface area contributed by atoms with Gasteiger partial charge < -0.3 is 10.4 Å². The number of hydrazone groups is 1. The number of carboxylic acid groups (broad SMARTS) is 1. The summed E-state index contributed by atoms with van der Waals surface area (Å²) < 4.78 is 0. The molecule has 0 radical (unpaired) electrons. The van der Waals surface area contributed by atoms with Crippen molar-refractivity contribution in [2.45, 2.75) is 33.2 Å². The number of amides is 2. The molecule has 0 aliphatic heterocycles. The Kier molecular flexibility index (Phi) is 4.07. The molecule has 6 heteroatoms. The highest BCUT2D eigenvalue weighted by molar-refractivity contribution is 5.86. The Labute approximate surface area is 82.4 Å². The lowest BCUT2D eigenvalue weighted by Gasteiger charge is -2.20. The lowest BCUT2D eigenvalue weighted by molar-refractivity contribution is -0.142. The van der Waals surface area contributed by atoms with Crippen LogP contribution in [-0.4, -0.2) is 28.4 Å². The number of carbonyl (C=O) groups excluding carboxylic acids is 1. The van der Waals surface area contributed by atoms with E-state index < -0.39 is 17.5 Å². The first-order chi connectivity index (χ1) is 6.25. The third-order valence-corrected chi connectivity index (χ3v) is 1.34. The van der Waals surface area contributed by atoms with Crippen LogP contribution in [0, 0.1) is 0 Å². The van der Waals surface area contributed by atoms with Crippen LogP contribution in [0.1, 0.15) is 27.7 Å². The van der Waals surface area contributed by atoms with Crippen molar-refractivity contribution in [1.82, 2.24) is 10.7 Å². The minimum absolute atomic E-state index is 0.640. The van der Waals surface area contributed by atoms with Crippen molar-refractivity contribution < 1.29 is 14.7 Å². The summed E-state index contributed by atoms with van der Waals surface area (Å²) in [5.74, 6) is -1.11. The zero-order valence-electron chi connectivity index (χ0n) is 8.71. The fraction of sp³-hybridized carbons (Fsp3) is 0.625. The third-order valence-electron chi connectivity index (χ3n) is 1.34. The molecule has 80 valence electrons. The lowest BCUT2D eigenvalue weighted by Crippen LogP contribution is -2.52.